The first-order valence-electron chi connectivity index (χ1n) is 7.78. The summed E-state index contributed by atoms with van der Waals surface area (Å²) in [5.41, 5.74) is -0.507. The van der Waals surface area contributed by atoms with Crippen LogP contribution in [0.5, 0.6) is 0 Å². The van der Waals surface area contributed by atoms with E-state index in [0.29, 0.717) is 39.2 Å². The molecule has 0 aliphatic carbocycles. The van der Waals surface area contributed by atoms with Gasteiger partial charge in [0.2, 0.25) is 5.91 Å². The van der Waals surface area contributed by atoms with Crippen molar-refractivity contribution in [1.82, 2.24) is 9.80 Å². The molecule has 2 atom stereocenters. The van der Waals surface area contributed by atoms with Crippen molar-refractivity contribution < 1.29 is 19.1 Å². The average molecular weight is 310 g/mol. The van der Waals surface area contributed by atoms with Crippen molar-refractivity contribution in [3.05, 3.63) is 12.7 Å². The predicted octanol–water partition coefficient (Wildman–Crippen LogP) is 1.66. The van der Waals surface area contributed by atoms with Crippen LogP contribution in [0.2, 0.25) is 0 Å². The highest BCUT2D eigenvalue weighted by atomic mass is 16.6. The van der Waals surface area contributed by atoms with Gasteiger partial charge in [-0.25, -0.2) is 4.79 Å². The molecule has 0 saturated carbocycles. The largest absolute Gasteiger partial charge is 0.444 e. The van der Waals surface area contributed by atoms with Crippen molar-refractivity contribution >= 4 is 12.0 Å². The van der Waals surface area contributed by atoms with Gasteiger partial charge in [0.15, 0.2) is 0 Å². The highest BCUT2D eigenvalue weighted by Gasteiger charge is 2.33. The number of nitrogens with zero attached hydrogens (tertiary/aromatic N) is 2. The molecule has 2 amide bonds. The Labute approximate surface area is 132 Å². The van der Waals surface area contributed by atoms with Gasteiger partial charge in [0.25, 0.3) is 0 Å². The van der Waals surface area contributed by atoms with Crippen LogP contribution in [0, 0.1) is 5.92 Å². The number of amides is 2. The maximum Gasteiger partial charge on any atom is 0.410 e. The molecule has 2 saturated heterocycles. The first kappa shape index (κ1) is 16.8. The molecule has 6 heteroatoms. The third-order valence-corrected chi connectivity index (χ3v) is 3.79. The molecule has 0 radical (unpaired) electrons. The number of hydrogen-bond donors (Lipinski definition) is 0. The summed E-state index contributed by atoms with van der Waals surface area (Å²) < 4.78 is 11.1. The summed E-state index contributed by atoms with van der Waals surface area (Å²) in [6, 6.07) is 0. The fourth-order valence-electron chi connectivity index (χ4n) is 2.70. The van der Waals surface area contributed by atoms with Crippen molar-refractivity contribution in [3.63, 3.8) is 0 Å². The van der Waals surface area contributed by atoms with Crippen LogP contribution < -0.4 is 0 Å². The lowest BCUT2D eigenvalue weighted by atomic mass is 10.1. The Morgan fingerprint density at radius 3 is 2.77 bits per heavy atom. The monoisotopic (exact) mass is 310 g/mol. The summed E-state index contributed by atoms with van der Waals surface area (Å²) in [4.78, 5) is 27.5. The summed E-state index contributed by atoms with van der Waals surface area (Å²) in [5.74, 6) is 0.348. The van der Waals surface area contributed by atoms with Crippen LogP contribution in [0.1, 0.15) is 27.2 Å². The first-order valence-corrected chi connectivity index (χ1v) is 7.78. The molecule has 0 aromatic heterocycles. The number of morpholine rings is 1. The minimum Gasteiger partial charge on any atom is -0.444 e. The Balaban J connectivity index is 1.87. The van der Waals surface area contributed by atoms with E-state index >= 15 is 0 Å². The molecule has 2 fully saturated rings. The minimum atomic E-state index is -0.507. The molecule has 124 valence electrons. The maximum atomic E-state index is 12.1. The zero-order valence-electron chi connectivity index (χ0n) is 13.7. The number of ether oxygens (including phenoxy) is 2. The lowest BCUT2D eigenvalue weighted by Gasteiger charge is -2.35. The van der Waals surface area contributed by atoms with Gasteiger partial charge in [-0.3, -0.25) is 4.79 Å². The topological polar surface area (TPSA) is 59.1 Å². The number of carbonyl (C=O) groups is 2. The van der Waals surface area contributed by atoms with Crippen molar-refractivity contribution in [1.29, 1.82) is 0 Å². The third-order valence-electron chi connectivity index (χ3n) is 3.79. The van der Waals surface area contributed by atoms with Crippen LogP contribution in [-0.4, -0.2) is 66.3 Å². The Kier molecular flexibility index (Phi) is 5.11. The van der Waals surface area contributed by atoms with Crippen LogP contribution >= 0.6 is 0 Å². The minimum absolute atomic E-state index is 0.128. The Hall–Kier alpha value is -1.56. The normalized spacial score (nSPS) is 26.2. The molecule has 0 spiro atoms. The highest BCUT2D eigenvalue weighted by molar-refractivity contribution is 5.79. The van der Waals surface area contributed by atoms with Crippen molar-refractivity contribution in [2.45, 2.75) is 38.9 Å². The molecule has 2 heterocycles. The molecule has 1 unspecified atom stereocenters. The maximum absolute atomic E-state index is 12.1. The second-order valence-electron chi connectivity index (χ2n) is 6.92. The van der Waals surface area contributed by atoms with E-state index < -0.39 is 5.60 Å². The van der Waals surface area contributed by atoms with Crippen molar-refractivity contribution in [2.75, 3.05) is 32.8 Å². The molecule has 2 aliphatic heterocycles. The second kappa shape index (κ2) is 6.69. The van der Waals surface area contributed by atoms with Gasteiger partial charge in [-0.1, -0.05) is 6.08 Å². The smallest absolute Gasteiger partial charge is 0.410 e. The summed E-state index contributed by atoms with van der Waals surface area (Å²) in [6.45, 7) is 11.9. The Morgan fingerprint density at radius 1 is 1.45 bits per heavy atom. The van der Waals surface area contributed by atoms with Gasteiger partial charge in [-0.05, 0) is 20.8 Å². The zero-order valence-corrected chi connectivity index (χ0v) is 13.7. The zero-order chi connectivity index (χ0) is 16.3. The molecule has 2 aliphatic rings. The summed E-state index contributed by atoms with van der Waals surface area (Å²) in [6.07, 6.45) is 1.87. The van der Waals surface area contributed by atoms with Gasteiger partial charge < -0.3 is 19.3 Å². The number of hydrogen-bond acceptors (Lipinski definition) is 4. The summed E-state index contributed by atoms with van der Waals surface area (Å²) >= 11 is 0. The number of rotatable bonds is 3. The van der Waals surface area contributed by atoms with Crippen LogP contribution in [0.15, 0.2) is 12.7 Å². The first-order chi connectivity index (χ1) is 10.3. The van der Waals surface area contributed by atoms with E-state index in [1.165, 1.54) is 0 Å². The molecule has 0 N–H and O–H groups in total. The van der Waals surface area contributed by atoms with Gasteiger partial charge in [-0.15, -0.1) is 6.58 Å². The fourth-order valence-corrected chi connectivity index (χ4v) is 2.70. The molecular formula is C16H26N2O4. The van der Waals surface area contributed by atoms with E-state index in [-0.39, 0.29) is 24.0 Å². The third kappa shape index (κ3) is 4.47. The van der Waals surface area contributed by atoms with E-state index in [0.717, 1.165) is 0 Å². The highest BCUT2D eigenvalue weighted by Crippen LogP contribution is 2.20. The molecule has 2 rings (SSSR count). The van der Waals surface area contributed by atoms with Gasteiger partial charge in [-0.2, -0.15) is 0 Å². The number of carbonyl (C=O) groups excluding carboxylic acids is 2. The van der Waals surface area contributed by atoms with E-state index in [2.05, 4.69) is 6.58 Å². The average Bonchev–Trinajstić information content (AvgIpc) is 2.78. The predicted molar refractivity (Wildman–Crippen MR) is 82.4 cm³/mol. The Bertz CT molecular complexity index is 444. The SMILES string of the molecule is C=CC1CC(=O)N(C[C@@H]2CN(C(=O)OC(C)(C)C)CCO2)C1. The quantitative estimate of drug-likeness (QED) is 0.744. The van der Waals surface area contributed by atoms with Gasteiger partial charge in [0.1, 0.15) is 5.60 Å². The lowest BCUT2D eigenvalue weighted by Crippen LogP contribution is -2.51. The molecule has 22 heavy (non-hydrogen) atoms. The number of likely N-dealkylation sites (tertiary alicyclic amines) is 1. The van der Waals surface area contributed by atoms with Crippen molar-refractivity contribution in [2.24, 2.45) is 5.92 Å². The van der Waals surface area contributed by atoms with Crippen LogP contribution in [0.4, 0.5) is 4.79 Å². The summed E-state index contributed by atoms with van der Waals surface area (Å²) in [5, 5.41) is 0. The fraction of sp³-hybridized carbons (Fsp3) is 0.750. The second-order valence-corrected chi connectivity index (χ2v) is 6.92. The standard InChI is InChI=1S/C16H26N2O4/c1-5-12-8-14(19)18(9-12)11-13-10-17(6-7-21-13)15(20)22-16(2,3)4/h5,12-13H,1,6-11H2,2-4H3/t12?,13-/m0/s1. The van der Waals surface area contributed by atoms with Crippen molar-refractivity contribution in [3.8, 4) is 0 Å². The van der Waals surface area contributed by atoms with Crippen LogP contribution in [0.25, 0.3) is 0 Å². The molecule has 0 aromatic rings. The van der Waals surface area contributed by atoms with Crippen LogP contribution in [0.3, 0.4) is 0 Å². The molecule has 0 aromatic carbocycles. The van der Waals surface area contributed by atoms with Gasteiger partial charge in [0.05, 0.1) is 19.3 Å². The molecular weight excluding hydrogens is 284 g/mol. The van der Waals surface area contributed by atoms with E-state index in [1.807, 2.05) is 26.8 Å². The van der Waals surface area contributed by atoms with Gasteiger partial charge >= 0.3 is 6.09 Å². The van der Waals surface area contributed by atoms with E-state index in [9.17, 15) is 9.59 Å². The summed E-state index contributed by atoms with van der Waals surface area (Å²) in [7, 11) is 0. The Morgan fingerprint density at radius 2 is 2.18 bits per heavy atom. The van der Waals surface area contributed by atoms with Crippen LogP contribution in [-0.2, 0) is 14.3 Å². The van der Waals surface area contributed by atoms with Gasteiger partial charge in [0, 0.05) is 32.0 Å². The molecule has 0 bridgehead atoms. The lowest BCUT2D eigenvalue weighted by molar-refractivity contribution is -0.130. The van der Waals surface area contributed by atoms with E-state index in [4.69, 9.17) is 9.47 Å². The molecule has 6 nitrogen and oxygen atoms in total. The van der Waals surface area contributed by atoms with E-state index in [1.54, 1.807) is 9.80 Å².